The first-order valence-electron chi connectivity index (χ1n) is 8.93. The van der Waals surface area contributed by atoms with Gasteiger partial charge in [-0.3, -0.25) is 8.78 Å². The predicted molar refractivity (Wildman–Crippen MR) is 110 cm³/mol. The van der Waals surface area contributed by atoms with Crippen LogP contribution in [-0.2, 0) is 21.3 Å². The van der Waals surface area contributed by atoms with E-state index >= 15 is 0 Å². The maximum absolute atomic E-state index is 12.8. The highest BCUT2D eigenvalue weighted by Crippen LogP contribution is 2.26. The molecule has 142 valence electrons. The summed E-state index contributed by atoms with van der Waals surface area (Å²) in [5.74, 6) is 0.346. The summed E-state index contributed by atoms with van der Waals surface area (Å²) in [4.78, 5) is 13.4. The molecule has 0 aliphatic heterocycles. The number of benzene rings is 2. The van der Waals surface area contributed by atoms with Gasteiger partial charge in [0.2, 0.25) is 0 Å². The average Bonchev–Trinajstić information content (AvgIpc) is 2.91. The van der Waals surface area contributed by atoms with Crippen LogP contribution < -0.4 is 0 Å². The molecule has 5 heteroatoms. The van der Waals surface area contributed by atoms with E-state index in [2.05, 4.69) is 0 Å². The summed E-state index contributed by atoms with van der Waals surface area (Å²) in [6.45, 7) is 9.51. The summed E-state index contributed by atoms with van der Waals surface area (Å²) in [5, 5.41) is 0.923. The molecule has 1 atom stereocenters. The Hall–Kier alpha value is -2.40. The van der Waals surface area contributed by atoms with Crippen molar-refractivity contribution in [1.29, 1.82) is 0 Å². The van der Waals surface area contributed by atoms with Gasteiger partial charge in [0, 0.05) is 16.5 Å². The highest BCUT2D eigenvalue weighted by Gasteiger charge is 2.21. The molecule has 1 unspecified atom stereocenters. The molecule has 0 aliphatic rings. The zero-order valence-electron chi connectivity index (χ0n) is 16.4. The second-order valence-corrected chi connectivity index (χ2v) is 9.28. The van der Waals surface area contributed by atoms with Gasteiger partial charge in [0.15, 0.2) is 0 Å². The molecule has 3 rings (SSSR count). The zero-order chi connectivity index (χ0) is 19.8. The summed E-state index contributed by atoms with van der Waals surface area (Å²) < 4.78 is 19.9. The third-order valence-corrected chi connectivity index (χ3v) is 5.58. The van der Waals surface area contributed by atoms with Crippen LogP contribution in [0.25, 0.3) is 10.9 Å². The highest BCUT2D eigenvalue weighted by molar-refractivity contribution is 7.84. The van der Waals surface area contributed by atoms with Crippen molar-refractivity contribution in [3.63, 3.8) is 0 Å². The van der Waals surface area contributed by atoms with E-state index in [1.807, 2.05) is 77.1 Å². The number of carbonyl (C=O) groups excluding carboxylic acids is 1. The number of rotatable bonds is 3. The monoisotopic (exact) mass is 383 g/mol. The number of fused-ring (bicyclic) bond motifs is 1. The first-order chi connectivity index (χ1) is 12.6. The van der Waals surface area contributed by atoms with Gasteiger partial charge in [0.1, 0.15) is 5.60 Å². The molecule has 0 bridgehead atoms. The van der Waals surface area contributed by atoms with Gasteiger partial charge in [-0.25, -0.2) is 4.79 Å². The van der Waals surface area contributed by atoms with Crippen LogP contribution >= 0.6 is 0 Å². The Morgan fingerprint density at radius 1 is 1.04 bits per heavy atom. The predicted octanol–water partition coefficient (Wildman–Crippen LogP) is 5.35. The van der Waals surface area contributed by atoms with E-state index in [0.717, 1.165) is 32.5 Å². The van der Waals surface area contributed by atoms with Crippen molar-refractivity contribution in [2.75, 3.05) is 0 Å². The topological polar surface area (TPSA) is 48.3 Å². The molecule has 0 aliphatic carbocycles. The van der Waals surface area contributed by atoms with Crippen LogP contribution in [0, 0.1) is 13.8 Å². The van der Waals surface area contributed by atoms with Crippen molar-refractivity contribution in [3.05, 3.63) is 65.4 Å². The van der Waals surface area contributed by atoms with Crippen LogP contribution in [0.1, 0.15) is 37.5 Å². The molecule has 3 aromatic rings. The number of ether oxygens (including phenoxy) is 1. The van der Waals surface area contributed by atoms with E-state index in [4.69, 9.17) is 4.74 Å². The van der Waals surface area contributed by atoms with E-state index in [-0.39, 0.29) is 0 Å². The first kappa shape index (κ1) is 19.4. The van der Waals surface area contributed by atoms with Crippen molar-refractivity contribution >= 4 is 27.8 Å². The van der Waals surface area contributed by atoms with Crippen LogP contribution in [0.4, 0.5) is 4.79 Å². The van der Waals surface area contributed by atoms with Crippen LogP contribution in [0.15, 0.2) is 53.6 Å². The number of hydrogen-bond donors (Lipinski definition) is 0. The third-order valence-electron chi connectivity index (χ3n) is 4.20. The standard InChI is InChI=1S/C22H25NO3S/c1-15-6-9-18(10-7-15)27(25)14-17-13-23(21(24)26-22(3,4)5)20-12-16(2)8-11-19(17)20/h6-13H,14H2,1-5H3. The van der Waals surface area contributed by atoms with Crippen molar-refractivity contribution in [2.24, 2.45) is 0 Å². The van der Waals surface area contributed by atoms with Crippen molar-refractivity contribution in [2.45, 2.75) is 50.9 Å². The molecule has 0 amide bonds. The second-order valence-electron chi connectivity index (χ2n) is 7.83. The minimum absolute atomic E-state index is 0.346. The number of nitrogens with zero attached hydrogens (tertiary/aromatic N) is 1. The van der Waals surface area contributed by atoms with E-state index in [0.29, 0.717) is 5.75 Å². The molecule has 0 spiro atoms. The lowest BCUT2D eigenvalue weighted by molar-refractivity contribution is 0.0544. The van der Waals surface area contributed by atoms with Crippen LogP contribution in [-0.4, -0.2) is 20.5 Å². The number of hydrogen-bond acceptors (Lipinski definition) is 3. The van der Waals surface area contributed by atoms with Crippen LogP contribution in [0.2, 0.25) is 0 Å². The first-order valence-corrected chi connectivity index (χ1v) is 10.2. The minimum atomic E-state index is -1.19. The maximum atomic E-state index is 12.8. The third kappa shape index (κ3) is 4.48. The smallest absolute Gasteiger partial charge is 0.419 e. The molecular formula is C22H25NO3S. The van der Waals surface area contributed by atoms with Crippen molar-refractivity contribution in [1.82, 2.24) is 4.57 Å². The van der Waals surface area contributed by atoms with Gasteiger partial charge in [-0.05, 0) is 63.9 Å². The van der Waals surface area contributed by atoms with E-state index in [9.17, 15) is 9.00 Å². The fourth-order valence-electron chi connectivity index (χ4n) is 2.90. The molecule has 27 heavy (non-hydrogen) atoms. The Bertz CT molecular complexity index is 1010. The van der Waals surface area contributed by atoms with Crippen LogP contribution in [0.3, 0.4) is 0 Å². The summed E-state index contributed by atoms with van der Waals surface area (Å²) in [6.07, 6.45) is 1.33. The molecule has 0 fully saturated rings. The second kappa shape index (κ2) is 7.31. The highest BCUT2D eigenvalue weighted by atomic mass is 32.2. The Balaban J connectivity index is 1.99. The van der Waals surface area contributed by atoms with Gasteiger partial charge >= 0.3 is 6.09 Å². The quantitative estimate of drug-likeness (QED) is 0.612. The molecule has 0 N–H and O–H groups in total. The number of aromatic nitrogens is 1. The summed E-state index contributed by atoms with van der Waals surface area (Å²) in [6, 6.07) is 13.6. The van der Waals surface area contributed by atoms with Gasteiger partial charge in [-0.15, -0.1) is 0 Å². The van der Waals surface area contributed by atoms with Gasteiger partial charge in [-0.2, -0.15) is 0 Å². The Kier molecular flexibility index (Phi) is 5.24. The minimum Gasteiger partial charge on any atom is -0.443 e. The van der Waals surface area contributed by atoms with Gasteiger partial charge in [0.25, 0.3) is 0 Å². The summed E-state index contributed by atoms with van der Waals surface area (Å²) >= 11 is 0. The largest absolute Gasteiger partial charge is 0.443 e. The summed E-state index contributed by atoms with van der Waals surface area (Å²) in [7, 11) is -1.19. The van der Waals surface area contributed by atoms with E-state index < -0.39 is 22.5 Å². The lowest BCUT2D eigenvalue weighted by Gasteiger charge is -2.19. The molecule has 4 nitrogen and oxygen atoms in total. The number of aryl methyl sites for hydroxylation is 2. The Morgan fingerprint density at radius 3 is 2.30 bits per heavy atom. The Labute approximate surface area is 162 Å². The summed E-state index contributed by atoms with van der Waals surface area (Å²) in [5.41, 5.74) is 3.25. The maximum Gasteiger partial charge on any atom is 0.419 e. The molecule has 1 aromatic heterocycles. The van der Waals surface area contributed by atoms with Crippen molar-refractivity contribution < 1.29 is 13.7 Å². The lowest BCUT2D eigenvalue weighted by atomic mass is 10.1. The molecule has 1 heterocycles. The van der Waals surface area contributed by atoms with E-state index in [1.54, 1.807) is 6.20 Å². The van der Waals surface area contributed by atoms with Gasteiger partial charge in [0.05, 0.1) is 22.1 Å². The molecule has 0 saturated carbocycles. The fourth-order valence-corrected chi connectivity index (χ4v) is 4.02. The van der Waals surface area contributed by atoms with Gasteiger partial charge < -0.3 is 4.74 Å². The zero-order valence-corrected chi connectivity index (χ0v) is 17.2. The molecular weight excluding hydrogens is 358 g/mol. The Morgan fingerprint density at radius 2 is 1.67 bits per heavy atom. The fraction of sp³-hybridized carbons (Fsp3) is 0.318. The number of carbonyl (C=O) groups is 1. The SMILES string of the molecule is Cc1ccc(S(=O)Cc2cn(C(=O)OC(C)(C)C)c3cc(C)ccc23)cc1. The van der Waals surface area contributed by atoms with Crippen molar-refractivity contribution in [3.8, 4) is 0 Å². The lowest BCUT2D eigenvalue weighted by Crippen LogP contribution is -2.26. The average molecular weight is 384 g/mol. The van der Waals surface area contributed by atoms with E-state index in [1.165, 1.54) is 4.57 Å². The molecule has 0 saturated heterocycles. The van der Waals surface area contributed by atoms with Crippen LogP contribution in [0.5, 0.6) is 0 Å². The molecule has 2 aromatic carbocycles. The van der Waals surface area contributed by atoms with Gasteiger partial charge in [-0.1, -0.05) is 29.8 Å². The molecule has 0 radical (unpaired) electrons. The normalized spacial score (nSPS) is 12.9.